The van der Waals surface area contributed by atoms with Crippen molar-refractivity contribution in [2.75, 3.05) is 18.4 Å². The number of aryl methyl sites for hydroxylation is 2. The van der Waals surface area contributed by atoms with Crippen LogP contribution < -0.4 is 14.8 Å². The molecule has 0 aliphatic rings. The van der Waals surface area contributed by atoms with Crippen LogP contribution in [0.1, 0.15) is 27.0 Å². The number of hydrogen-bond acceptors (Lipinski definition) is 6. The van der Waals surface area contributed by atoms with E-state index in [1.807, 2.05) is 13.0 Å². The molecule has 0 saturated carbocycles. The van der Waals surface area contributed by atoms with Crippen LogP contribution in [0.5, 0.6) is 5.75 Å². The van der Waals surface area contributed by atoms with Crippen LogP contribution in [0.2, 0.25) is 0 Å². The van der Waals surface area contributed by atoms with Crippen molar-refractivity contribution in [1.82, 2.24) is 5.32 Å². The molecular formula is C25H26N2O6S. The Hall–Kier alpha value is -3.85. The average molecular weight is 483 g/mol. The zero-order chi connectivity index (χ0) is 24.7. The highest BCUT2D eigenvalue weighted by molar-refractivity contribution is 7.92. The minimum Gasteiger partial charge on any atom is -0.497 e. The van der Waals surface area contributed by atoms with Crippen LogP contribution in [0.3, 0.4) is 0 Å². The minimum absolute atomic E-state index is 0.0236. The number of benzene rings is 3. The molecule has 8 nitrogen and oxygen atoms in total. The molecule has 0 aliphatic carbocycles. The van der Waals surface area contributed by atoms with Crippen LogP contribution in [0.25, 0.3) is 0 Å². The van der Waals surface area contributed by atoms with Gasteiger partial charge in [-0.25, -0.2) is 13.2 Å². The summed E-state index contributed by atoms with van der Waals surface area (Å²) in [6.07, 6.45) is 0. The summed E-state index contributed by atoms with van der Waals surface area (Å²) in [6, 6.07) is 18.3. The number of ether oxygens (including phenoxy) is 2. The lowest BCUT2D eigenvalue weighted by Crippen LogP contribution is -2.28. The second-order valence-corrected chi connectivity index (χ2v) is 9.31. The first kappa shape index (κ1) is 24.8. The quantitative estimate of drug-likeness (QED) is 0.451. The fraction of sp³-hybridized carbons (Fsp3) is 0.200. The van der Waals surface area contributed by atoms with E-state index < -0.39 is 28.5 Å². The normalized spacial score (nSPS) is 10.9. The lowest BCUT2D eigenvalue weighted by molar-refractivity contribution is -0.124. The summed E-state index contributed by atoms with van der Waals surface area (Å²) in [4.78, 5) is 24.5. The molecule has 178 valence electrons. The molecule has 0 aliphatic heterocycles. The number of amides is 1. The maximum absolute atomic E-state index is 12.9. The van der Waals surface area contributed by atoms with Crippen LogP contribution in [0, 0.1) is 13.8 Å². The Morgan fingerprint density at radius 3 is 2.38 bits per heavy atom. The molecule has 0 saturated heterocycles. The summed E-state index contributed by atoms with van der Waals surface area (Å²) < 4.78 is 38.5. The van der Waals surface area contributed by atoms with E-state index in [0.717, 1.165) is 11.1 Å². The largest absolute Gasteiger partial charge is 0.497 e. The Morgan fingerprint density at radius 2 is 1.68 bits per heavy atom. The molecule has 0 heterocycles. The van der Waals surface area contributed by atoms with Crippen molar-refractivity contribution in [1.29, 1.82) is 0 Å². The standard InChI is InChI=1S/C25H26N2O6S/c1-17-7-11-21(12-8-17)27-34(30,31)23-14-20(10-9-18(23)2)25(29)33-16-24(28)26-15-19-5-4-6-22(13-19)32-3/h4-14,27H,15-16H2,1-3H3,(H,26,28). The summed E-state index contributed by atoms with van der Waals surface area (Å²) in [6.45, 7) is 3.27. The van der Waals surface area contributed by atoms with Gasteiger partial charge in [-0.1, -0.05) is 35.9 Å². The Kier molecular flexibility index (Phi) is 7.91. The van der Waals surface area contributed by atoms with Crippen LogP contribution >= 0.6 is 0 Å². The fourth-order valence-electron chi connectivity index (χ4n) is 3.10. The molecule has 1 amide bonds. The predicted octanol–water partition coefficient (Wildman–Crippen LogP) is 3.59. The van der Waals surface area contributed by atoms with Gasteiger partial charge in [0.05, 0.1) is 17.6 Å². The van der Waals surface area contributed by atoms with Crippen molar-refractivity contribution < 1.29 is 27.5 Å². The first-order valence-electron chi connectivity index (χ1n) is 10.4. The molecule has 0 aromatic heterocycles. The first-order valence-corrected chi connectivity index (χ1v) is 11.9. The minimum atomic E-state index is -3.94. The highest BCUT2D eigenvalue weighted by Crippen LogP contribution is 2.21. The number of carbonyl (C=O) groups excluding carboxylic acids is 2. The molecule has 2 N–H and O–H groups in total. The molecule has 3 rings (SSSR count). The van der Waals surface area contributed by atoms with Gasteiger partial charge in [0.1, 0.15) is 5.75 Å². The van der Waals surface area contributed by atoms with E-state index in [-0.39, 0.29) is 17.0 Å². The first-order chi connectivity index (χ1) is 16.2. The van der Waals surface area contributed by atoms with Gasteiger partial charge in [0.2, 0.25) is 0 Å². The summed E-state index contributed by atoms with van der Waals surface area (Å²) in [7, 11) is -2.38. The highest BCUT2D eigenvalue weighted by atomic mass is 32.2. The summed E-state index contributed by atoms with van der Waals surface area (Å²) >= 11 is 0. The van der Waals surface area contributed by atoms with E-state index in [4.69, 9.17) is 9.47 Å². The van der Waals surface area contributed by atoms with Crippen molar-refractivity contribution in [3.63, 3.8) is 0 Å². The number of hydrogen-bond donors (Lipinski definition) is 2. The third-order valence-electron chi connectivity index (χ3n) is 4.98. The Bertz CT molecular complexity index is 1290. The van der Waals surface area contributed by atoms with E-state index in [2.05, 4.69) is 10.0 Å². The SMILES string of the molecule is COc1cccc(CNC(=O)COC(=O)c2ccc(C)c(S(=O)(=O)Nc3ccc(C)cc3)c2)c1. The van der Waals surface area contributed by atoms with Gasteiger partial charge in [-0.05, 0) is 61.4 Å². The maximum atomic E-state index is 12.9. The molecule has 0 spiro atoms. The maximum Gasteiger partial charge on any atom is 0.338 e. The summed E-state index contributed by atoms with van der Waals surface area (Å²) in [5.41, 5.74) is 2.72. The van der Waals surface area contributed by atoms with Gasteiger partial charge in [-0.15, -0.1) is 0 Å². The van der Waals surface area contributed by atoms with Crippen LogP contribution in [0.15, 0.2) is 71.6 Å². The molecule has 0 radical (unpaired) electrons. The van der Waals surface area contributed by atoms with Gasteiger partial charge in [0, 0.05) is 12.2 Å². The van der Waals surface area contributed by atoms with E-state index in [0.29, 0.717) is 17.0 Å². The van der Waals surface area contributed by atoms with E-state index in [1.165, 1.54) is 18.2 Å². The van der Waals surface area contributed by atoms with Crippen molar-refractivity contribution >= 4 is 27.6 Å². The number of carbonyl (C=O) groups is 2. The third kappa shape index (κ3) is 6.58. The van der Waals surface area contributed by atoms with Gasteiger partial charge >= 0.3 is 5.97 Å². The van der Waals surface area contributed by atoms with Gasteiger partial charge in [0.25, 0.3) is 15.9 Å². The average Bonchev–Trinajstić information content (AvgIpc) is 2.82. The number of esters is 1. The number of sulfonamides is 1. The molecule has 3 aromatic rings. The lowest BCUT2D eigenvalue weighted by atomic mass is 10.1. The van der Waals surface area contributed by atoms with Crippen molar-refractivity contribution in [3.8, 4) is 5.75 Å². The molecule has 0 atom stereocenters. The topological polar surface area (TPSA) is 111 Å². The number of rotatable bonds is 9. The fourth-order valence-corrected chi connectivity index (χ4v) is 4.43. The second-order valence-electron chi connectivity index (χ2n) is 7.66. The molecule has 34 heavy (non-hydrogen) atoms. The second kappa shape index (κ2) is 10.8. The molecule has 3 aromatic carbocycles. The Morgan fingerprint density at radius 1 is 0.941 bits per heavy atom. The van der Waals surface area contributed by atoms with Gasteiger partial charge in [-0.3, -0.25) is 9.52 Å². The van der Waals surface area contributed by atoms with Crippen molar-refractivity contribution in [2.24, 2.45) is 0 Å². The molecule has 9 heteroatoms. The van der Waals surface area contributed by atoms with Gasteiger partial charge in [-0.2, -0.15) is 0 Å². The summed E-state index contributed by atoms with van der Waals surface area (Å²) in [5, 5.41) is 2.66. The van der Waals surface area contributed by atoms with E-state index >= 15 is 0 Å². The van der Waals surface area contributed by atoms with Crippen LogP contribution in [-0.2, 0) is 26.1 Å². The van der Waals surface area contributed by atoms with Gasteiger partial charge < -0.3 is 14.8 Å². The molecule has 0 fully saturated rings. The lowest BCUT2D eigenvalue weighted by Gasteiger charge is -2.12. The third-order valence-corrected chi connectivity index (χ3v) is 6.50. The number of nitrogens with one attached hydrogen (secondary N) is 2. The monoisotopic (exact) mass is 482 g/mol. The Labute approximate surface area is 199 Å². The molecular weight excluding hydrogens is 456 g/mol. The van der Waals surface area contributed by atoms with Crippen molar-refractivity contribution in [2.45, 2.75) is 25.3 Å². The van der Waals surface area contributed by atoms with E-state index in [9.17, 15) is 18.0 Å². The van der Waals surface area contributed by atoms with Crippen molar-refractivity contribution in [3.05, 3.63) is 89.0 Å². The number of anilines is 1. The predicted molar refractivity (Wildman–Crippen MR) is 128 cm³/mol. The zero-order valence-electron chi connectivity index (χ0n) is 19.1. The highest BCUT2D eigenvalue weighted by Gasteiger charge is 2.20. The zero-order valence-corrected chi connectivity index (χ0v) is 19.9. The summed E-state index contributed by atoms with van der Waals surface area (Å²) in [5.74, 6) is -0.624. The molecule has 0 bridgehead atoms. The smallest absolute Gasteiger partial charge is 0.338 e. The Balaban J connectivity index is 1.62. The van der Waals surface area contributed by atoms with Crippen LogP contribution in [0.4, 0.5) is 5.69 Å². The molecule has 0 unspecified atom stereocenters. The van der Waals surface area contributed by atoms with E-state index in [1.54, 1.807) is 56.5 Å². The number of methoxy groups -OCH3 is 1. The van der Waals surface area contributed by atoms with Crippen LogP contribution in [-0.4, -0.2) is 34.0 Å². The van der Waals surface area contributed by atoms with Gasteiger partial charge in [0.15, 0.2) is 6.61 Å².